The molecule has 1 amide bonds. The third-order valence-electron chi connectivity index (χ3n) is 2.69. The largest absolute Gasteiger partial charge is 0.409 e. The molecule has 0 aliphatic rings. The van der Waals surface area contributed by atoms with E-state index in [1.165, 1.54) is 25.7 Å². The quantitative estimate of drug-likeness (QED) is 0.190. The molecule has 0 bridgehead atoms. The summed E-state index contributed by atoms with van der Waals surface area (Å²) in [6, 6.07) is -0.410. The molecule has 0 aromatic heterocycles. The molecule has 0 heterocycles. The molecule has 0 aliphatic carbocycles. The fraction of sp³-hybridized carbons (Fsp3) is 0.833. The van der Waals surface area contributed by atoms with Crippen molar-refractivity contribution in [3.05, 3.63) is 0 Å². The highest BCUT2D eigenvalue weighted by molar-refractivity contribution is 5.89. The zero-order valence-electron chi connectivity index (χ0n) is 10.9. The molecule has 4 N–H and O–H groups in total. The van der Waals surface area contributed by atoms with E-state index < -0.39 is 6.04 Å². The van der Waals surface area contributed by atoms with Crippen LogP contribution >= 0.6 is 0 Å². The van der Waals surface area contributed by atoms with E-state index in [4.69, 9.17) is 10.9 Å². The molecule has 0 radical (unpaired) electrons. The van der Waals surface area contributed by atoms with Crippen molar-refractivity contribution < 1.29 is 10.0 Å². The molecule has 5 nitrogen and oxygen atoms in total. The number of amidine groups is 1. The van der Waals surface area contributed by atoms with Crippen LogP contribution in [0, 0.1) is 0 Å². The minimum atomic E-state index is -0.410. The highest BCUT2D eigenvalue weighted by Crippen LogP contribution is 2.06. The normalized spacial score (nSPS) is 13.4. The van der Waals surface area contributed by atoms with Gasteiger partial charge < -0.3 is 16.3 Å². The molecule has 5 heteroatoms. The number of oxime groups is 1. The summed E-state index contributed by atoms with van der Waals surface area (Å²) in [5.74, 6) is -0.0131. The van der Waals surface area contributed by atoms with Crippen LogP contribution in [-0.4, -0.2) is 23.0 Å². The highest BCUT2D eigenvalue weighted by atomic mass is 16.4. The molecule has 0 rings (SSSR count). The average molecular weight is 243 g/mol. The van der Waals surface area contributed by atoms with Crippen LogP contribution in [0.5, 0.6) is 0 Å². The van der Waals surface area contributed by atoms with Gasteiger partial charge >= 0.3 is 0 Å². The molecular weight excluding hydrogens is 218 g/mol. The molecule has 0 saturated carbocycles. The Morgan fingerprint density at radius 1 is 1.29 bits per heavy atom. The lowest BCUT2D eigenvalue weighted by atomic mass is 10.1. The highest BCUT2D eigenvalue weighted by Gasteiger charge is 2.10. The monoisotopic (exact) mass is 243 g/mol. The summed E-state index contributed by atoms with van der Waals surface area (Å²) >= 11 is 0. The SMILES string of the molecule is CCCCCCCCC(=O)NC(C)C(N)=NO. The summed E-state index contributed by atoms with van der Waals surface area (Å²) in [5, 5.41) is 14.0. The minimum Gasteiger partial charge on any atom is -0.409 e. The lowest BCUT2D eigenvalue weighted by Crippen LogP contribution is -2.42. The molecule has 17 heavy (non-hydrogen) atoms. The first kappa shape index (κ1) is 15.7. The van der Waals surface area contributed by atoms with Crippen LogP contribution in [-0.2, 0) is 4.79 Å². The van der Waals surface area contributed by atoms with Gasteiger partial charge in [0.2, 0.25) is 5.91 Å². The van der Waals surface area contributed by atoms with Crippen LogP contribution in [0.2, 0.25) is 0 Å². The molecule has 0 saturated heterocycles. The van der Waals surface area contributed by atoms with Crippen molar-refractivity contribution in [1.82, 2.24) is 5.32 Å². The van der Waals surface area contributed by atoms with Crippen LogP contribution < -0.4 is 11.1 Å². The van der Waals surface area contributed by atoms with Gasteiger partial charge in [0.25, 0.3) is 0 Å². The number of amides is 1. The molecule has 1 unspecified atom stereocenters. The maximum atomic E-state index is 11.5. The first-order valence-corrected chi connectivity index (χ1v) is 6.38. The third-order valence-corrected chi connectivity index (χ3v) is 2.69. The van der Waals surface area contributed by atoms with Gasteiger partial charge in [-0.25, -0.2) is 0 Å². The average Bonchev–Trinajstić information content (AvgIpc) is 2.32. The number of carbonyl (C=O) groups excluding carboxylic acids is 1. The molecule has 1 atom stereocenters. The minimum absolute atomic E-state index is 0.0290. The Labute approximate surface area is 103 Å². The van der Waals surface area contributed by atoms with Crippen molar-refractivity contribution in [3.8, 4) is 0 Å². The molecule has 100 valence electrons. The number of carbonyl (C=O) groups is 1. The summed E-state index contributed by atoms with van der Waals surface area (Å²) in [4.78, 5) is 11.5. The maximum absolute atomic E-state index is 11.5. The van der Waals surface area contributed by atoms with Crippen molar-refractivity contribution in [1.29, 1.82) is 0 Å². The second kappa shape index (κ2) is 9.93. The number of unbranched alkanes of at least 4 members (excludes halogenated alkanes) is 5. The van der Waals surface area contributed by atoms with Gasteiger partial charge in [0.05, 0.1) is 6.04 Å². The summed E-state index contributed by atoms with van der Waals surface area (Å²) in [6.07, 6.45) is 7.44. The van der Waals surface area contributed by atoms with Gasteiger partial charge in [0.15, 0.2) is 5.84 Å². The Balaban J connectivity index is 3.53. The van der Waals surface area contributed by atoms with Crippen LogP contribution in [0.3, 0.4) is 0 Å². The van der Waals surface area contributed by atoms with E-state index in [1.54, 1.807) is 6.92 Å². The standard InChI is InChI=1S/C12H25N3O2/c1-3-4-5-6-7-8-9-11(16)14-10(2)12(13)15-17/h10,17H,3-9H2,1-2H3,(H2,13,15)(H,14,16). The zero-order valence-corrected chi connectivity index (χ0v) is 10.9. The Kier molecular flexibility index (Phi) is 9.19. The number of nitrogens with two attached hydrogens (primary N) is 1. The molecule has 0 spiro atoms. The van der Waals surface area contributed by atoms with Gasteiger partial charge in [-0.1, -0.05) is 44.2 Å². The molecule has 0 aliphatic heterocycles. The fourth-order valence-corrected chi connectivity index (χ4v) is 1.54. The Hall–Kier alpha value is -1.26. The summed E-state index contributed by atoms with van der Waals surface area (Å²) in [5.41, 5.74) is 5.36. The van der Waals surface area contributed by atoms with Crippen molar-refractivity contribution >= 4 is 11.7 Å². The second-order valence-electron chi connectivity index (χ2n) is 4.33. The van der Waals surface area contributed by atoms with Crippen LogP contribution in [0.15, 0.2) is 5.16 Å². The van der Waals surface area contributed by atoms with Gasteiger partial charge in [-0.15, -0.1) is 0 Å². The third kappa shape index (κ3) is 8.54. The smallest absolute Gasteiger partial charge is 0.220 e. The fourth-order valence-electron chi connectivity index (χ4n) is 1.54. The van der Waals surface area contributed by atoms with Crippen molar-refractivity contribution in [2.75, 3.05) is 0 Å². The molecule has 0 aromatic rings. The van der Waals surface area contributed by atoms with Crippen LogP contribution in [0.1, 0.15) is 58.8 Å². The van der Waals surface area contributed by atoms with E-state index in [2.05, 4.69) is 17.4 Å². The second-order valence-corrected chi connectivity index (χ2v) is 4.33. The summed E-state index contributed by atoms with van der Waals surface area (Å²) in [6.45, 7) is 3.87. The van der Waals surface area contributed by atoms with E-state index in [0.29, 0.717) is 6.42 Å². The predicted octanol–water partition coefficient (Wildman–Crippen LogP) is 1.99. The Morgan fingerprint density at radius 3 is 2.47 bits per heavy atom. The van der Waals surface area contributed by atoms with Gasteiger partial charge in [-0.2, -0.15) is 0 Å². The Bertz CT molecular complexity index is 242. The van der Waals surface area contributed by atoms with Gasteiger partial charge in [-0.3, -0.25) is 4.79 Å². The van der Waals surface area contributed by atoms with E-state index in [0.717, 1.165) is 12.8 Å². The maximum Gasteiger partial charge on any atom is 0.220 e. The number of nitrogens with one attached hydrogen (secondary N) is 1. The van der Waals surface area contributed by atoms with E-state index in [9.17, 15) is 4.79 Å². The van der Waals surface area contributed by atoms with Gasteiger partial charge in [0, 0.05) is 6.42 Å². The number of hydrogen-bond donors (Lipinski definition) is 3. The van der Waals surface area contributed by atoms with Crippen molar-refractivity contribution in [2.24, 2.45) is 10.9 Å². The van der Waals surface area contributed by atoms with Crippen LogP contribution in [0.25, 0.3) is 0 Å². The first-order valence-electron chi connectivity index (χ1n) is 6.38. The summed E-state index contributed by atoms with van der Waals surface area (Å²) in [7, 11) is 0. The number of rotatable bonds is 9. The van der Waals surface area contributed by atoms with Gasteiger partial charge in [0.1, 0.15) is 0 Å². The topological polar surface area (TPSA) is 87.7 Å². The first-order chi connectivity index (χ1) is 8.11. The lowest BCUT2D eigenvalue weighted by molar-refractivity contribution is -0.121. The lowest BCUT2D eigenvalue weighted by Gasteiger charge is -2.11. The molecular formula is C12H25N3O2. The van der Waals surface area contributed by atoms with Crippen molar-refractivity contribution in [2.45, 2.75) is 64.8 Å². The van der Waals surface area contributed by atoms with E-state index in [-0.39, 0.29) is 11.7 Å². The van der Waals surface area contributed by atoms with E-state index >= 15 is 0 Å². The molecule has 0 fully saturated rings. The van der Waals surface area contributed by atoms with Crippen molar-refractivity contribution in [3.63, 3.8) is 0 Å². The number of hydrogen-bond acceptors (Lipinski definition) is 3. The number of nitrogens with zero attached hydrogens (tertiary/aromatic N) is 1. The van der Waals surface area contributed by atoms with Gasteiger partial charge in [-0.05, 0) is 13.3 Å². The summed E-state index contributed by atoms with van der Waals surface area (Å²) < 4.78 is 0. The zero-order chi connectivity index (χ0) is 13.1. The molecule has 0 aromatic carbocycles. The van der Waals surface area contributed by atoms with Crippen LogP contribution in [0.4, 0.5) is 0 Å². The van der Waals surface area contributed by atoms with E-state index in [1.807, 2.05) is 0 Å². The predicted molar refractivity (Wildman–Crippen MR) is 69.0 cm³/mol. The Morgan fingerprint density at radius 2 is 1.88 bits per heavy atom.